The molecule has 1 heterocycles. The number of nitrogens with two attached hydrogens (primary N) is 1. The highest BCUT2D eigenvalue weighted by molar-refractivity contribution is 7.89. The van der Waals surface area contributed by atoms with Crippen molar-refractivity contribution in [3.05, 3.63) is 0 Å². The van der Waals surface area contributed by atoms with Gasteiger partial charge in [-0.25, -0.2) is 13.6 Å². The second-order valence-corrected chi connectivity index (χ2v) is 5.59. The lowest BCUT2D eigenvalue weighted by molar-refractivity contribution is -0.135. The van der Waals surface area contributed by atoms with Gasteiger partial charge < -0.3 is 15.0 Å². The van der Waals surface area contributed by atoms with Crippen LogP contribution in [0, 0.1) is 0 Å². The van der Waals surface area contributed by atoms with Crippen LogP contribution in [0.3, 0.4) is 0 Å². The molecule has 0 aliphatic carbocycles. The molecule has 0 atom stereocenters. The highest BCUT2D eigenvalue weighted by atomic mass is 32.2. The fourth-order valence-electron chi connectivity index (χ4n) is 1.51. The Morgan fingerprint density at radius 1 is 1.29 bits per heavy atom. The summed E-state index contributed by atoms with van der Waals surface area (Å²) in [5, 5.41) is 7.71. The molecule has 1 amide bonds. The van der Waals surface area contributed by atoms with Gasteiger partial charge in [0.15, 0.2) is 0 Å². The molecule has 1 saturated heterocycles. The number of rotatable bonds is 6. The summed E-state index contributed by atoms with van der Waals surface area (Å²) in [5.74, 6) is -0.0462. The van der Waals surface area contributed by atoms with Gasteiger partial charge >= 0.3 is 0 Å². The molecule has 3 N–H and O–H groups in total. The Kier molecular flexibility index (Phi) is 5.83. The zero-order valence-corrected chi connectivity index (χ0v) is 10.5. The SMILES string of the molecule is NS(=O)(=O)CCNCCC(=O)N1CCOCC1. The normalized spacial score (nSPS) is 17.1. The molecule has 0 bridgehead atoms. The first-order valence-corrected chi connectivity index (χ1v) is 7.27. The van der Waals surface area contributed by atoms with Crippen molar-refractivity contribution in [2.45, 2.75) is 6.42 Å². The fraction of sp³-hybridized carbons (Fsp3) is 0.889. The third kappa shape index (κ3) is 6.57. The van der Waals surface area contributed by atoms with Gasteiger partial charge in [0.05, 0.1) is 19.0 Å². The first kappa shape index (κ1) is 14.4. The van der Waals surface area contributed by atoms with Crippen molar-refractivity contribution in [1.29, 1.82) is 0 Å². The summed E-state index contributed by atoms with van der Waals surface area (Å²) < 4.78 is 26.4. The van der Waals surface area contributed by atoms with E-state index in [9.17, 15) is 13.2 Å². The van der Waals surface area contributed by atoms with Crippen LogP contribution in [-0.4, -0.2) is 64.4 Å². The third-order valence-electron chi connectivity index (χ3n) is 2.44. The highest BCUT2D eigenvalue weighted by Crippen LogP contribution is 1.99. The fourth-order valence-corrected chi connectivity index (χ4v) is 1.93. The topological polar surface area (TPSA) is 102 Å². The molecular weight excluding hydrogens is 246 g/mol. The first-order chi connectivity index (χ1) is 7.99. The van der Waals surface area contributed by atoms with Crippen molar-refractivity contribution in [2.24, 2.45) is 5.14 Å². The lowest BCUT2D eigenvalue weighted by Gasteiger charge is -2.26. The van der Waals surface area contributed by atoms with Gasteiger partial charge in [-0.2, -0.15) is 0 Å². The number of hydrogen-bond donors (Lipinski definition) is 2. The van der Waals surface area contributed by atoms with Crippen LogP contribution in [0.25, 0.3) is 0 Å². The van der Waals surface area contributed by atoms with Crippen molar-refractivity contribution >= 4 is 15.9 Å². The van der Waals surface area contributed by atoms with Gasteiger partial charge in [-0.3, -0.25) is 4.79 Å². The zero-order valence-electron chi connectivity index (χ0n) is 9.72. The Morgan fingerprint density at radius 3 is 2.53 bits per heavy atom. The molecule has 0 radical (unpaired) electrons. The average molecular weight is 265 g/mol. The number of nitrogens with zero attached hydrogens (tertiary/aromatic N) is 1. The lowest BCUT2D eigenvalue weighted by atomic mass is 10.3. The van der Waals surface area contributed by atoms with Crippen LogP contribution in [-0.2, 0) is 19.6 Å². The number of ether oxygens (including phenoxy) is 1. The Balaban J connectivity index is 2.07. The quantitative estimate of drug-likeness (QED) is 0.547. The van der Waals surface area contributed by atoms with Crippen molar-refractivity contribution < 1.29 is 17.9 Å². The smallest absolute Gasteiger partial charge is 0.224 e. The van der Waals surface area contributed by atoms with Crippen molar-refractivity contribution in [1.82, 2.24) is 10.2 Å². The Morgan fingerprint density at radius 2 is 1.94 bits per heavy atom. The van der Waals surface area contributed by atoms with Crippen molar-refractivity contribution in [3.8, 4) is 0 Å². The second-order valence-electron chi connectivity index (χ2n) is 3.86. The van der Waals surface area contributed by atoms with E-state index >= 15 is 0 Å². The van der Waals surface area contributed by atoms with E-state index in [1.54, 1.807) is 4.90 Å². The molecule has 1 aliphatic rings. The minimum absolute atomic E-state index is 0.0661. The third-order valence-corrected chi connectivity index (χ3v) is 3.22. The summed E-state index contributed by atoms with van der Waals surface area (Å²) in [5.41, 5.74) is 0. The first-order valence-electron chi connectivity index (χ1n) is 5.56. The Bertz CT molecular complexity index is 338. The minimum Gasteiger partial charge on any atom is -0.378 e. The highest BCUT2D eigenvalue weighted by Gasteiger charge is 2.15. The maximum Gasteiger partial charge on any atom is 0.224 e. The van der Waals surface area contributed by atoms with Crippen LogP contribution in [0.1, 0.15) is 6.42 Å². The summed E-state index contributed by atoms with van der Waals surface area (Å²) in [4.78, 5) is 13.4. The largest absolute Gasteiger partial charge is 0.378 e. The number of hydrogen-bond acceptors (Lipinski definition) is 5. The van der Waals surface area contributed by atoms with Crippen molar-refractivity contribution in [2.75, 3.05) is 45.1 Å². The number of sulfonamides is 1. The average Bonchev–Trinajstić information content (AvgIpc) is 2.28. The van der Waals surface area contributed by atoms with Crippen LogP contribution in [0.4, 0.5) is 0 Å². The van der Waals surface area contributed by atoms with E-state index in [-0.39, 0.29) is 18.2 Å². The number of carbonyl (C=O) groups is 1. The monoisotopic (exact) mass is 265 g/mol. The van der Waals surface area contributed by atoms with Crippen LogP contribution in [0.2, 0.25) is 0 Å². The number of nitrogens with one attached hydrogen (secondary N) is 1. The van der Waals surface area contributed by atoms with Crippen LogP contribution < -0.4 is 10.5 Å². The summed E-state index contributed by atoms with van der Waals surface area (Å²) >= 11 is 0. The Hall–Kier alpha value is -0.700. The summed E-state index contributed by atoms with van der Waals surface area (Å²) in [6.45, 7) is 3.18. The predicted molar refractivity (Wildman–Crippen MR) is 62.9 cm³/mol. The molecule has 1 fully saturated rings. The standard InChI is InChI=1S/C9H19N3O4S/c10-17(14,15)8-3-11-2-1-9(13)12-4-6-16-7-5-12/h11H,1-8H2,(H2,10,14,15). The van der Waals surface area contributed by atoms with Crippen LogP contribution >= 0.6 is 0 Å². The zero-order chi connectivity index (χ0) is 12.7. The van der Waals surface area contributed by atoms with E-state index < -0.39 is 10.0 Å². The van der Waals surface area contributed by atoms with Crippen LogP contribution in [0.15, 0.2) is 0 Å². The molecular formula is C9H19N3O4S. The molecule has 0 aromatic rings. The maximum absolute atomic E-state index is 11.6. The van der Waals surface area contributed by atoms with Gasteiger partial charge in [0, 0.05) is 32.6 Å². The van der Waals surface area contributed by atoms with E-state index in [0.717, 1.165) is 0 Å². The summed E-state index contributed by atoms with van der Waals surface area (Å²) in [6, 6.07) is 0. The molecule has 7 nitrogen and oxygen atoms in total. The van der Waals surface area contributed by atoms with Gasteiger partial charge in [-0.15, -0.1) is 0 Å². The summed E-state index contributed by atoms with van der Waals surface area (Å²) in [7, 11) is -3.42. The van der Waals surface area contributed by atoms with Gasteiger partial charge in [0.1, 0.15) is 0 Å². The lowest BCUT2D eigenvalue weighted by Crippen LogP contribution is -2.41. The number of primary sulfonamides is 1. The molecule has 100 valence electrons. The van der Waals surface area contributed by atoms with Gasteiger partial charge in [-0.05, 0) is 0 Å². The molecule has 0 aromatic heterocycles. The van der Waals surface area contributed by atoms with Gasteiger partial charge in [-0.1, -0.05) is 0 Å². The van der Waals surface area contributed by atoms with Gasteiger partial charge in [0.2, 0.25) is 15.9 Å². The molecule has 0 saturated carbocycles. The number of amides is 1. The molecule has 8 heteroatoms. The Labute approximate surface area is 101 Å². The predicted octanol–water partition coefficient (Wildman–Crippen LogP) is -1.89. The summed E-state index contributed by atoms with van der Waals surface area (Å²) in [6.07, 6.45) is 0.366. The van der Waals surface area contributed by atoms with Crippen molar-refractivity contribution in [3.63, 3.8) is 0 Å². The molecule has 0 spiro atoms. The molecule has 17 heavy (non-hydrogen) atoms. The molecule has 0 unspecified atom stereocenters. The molecule has 1 rings (SSSR count). The van der Waals surface area contributed by atoms with Crippen LogP contribution in [0.5, 0.6) is 0 Å². The maximum atomic E-state index is 11.6. The van der Waals surface area contributed by atoms with E-state index in [1.807, 2.05) is 0 Å². The molecule has 0 aromatic carbocycles. The van der Waals surface area contributed by atoms with E-state index in [2.05, 4.69) is 5.32 Å². The second kappa shape index (κ2) is 6.90. The van der Waals surface area contributed by atoms with E-state index in [4.69, 9.17) is 9.88 Å². The van der Waals surface area contributed by atoms with Gasteiger partial charge in [0.25, 0.3) is 0 Å². The van der Waals surface area contributed by atoms with E-state index in [1.165, 1.54) is 0 Å². The molecule has 1 aliphatic heterocycles. The minimum atomic E-state index is -3.42. The van der Waals surface area contributed by atoms with E-state index in [0.29, 0.717) is 39.3 Å². The number of morpholine rings is 1. The number of carbonyl (C=O) groups excluding carboxylic acids is 1.